The highest BCUT2D eigenvalue weighted by Gasteiger charge is 2.34. The Bertz CT molecular complexity index is 635. The maximum Gasteiger partial charge on any atom is 0.251 e. The minimum Gasteiger partial charge on any atom is -0.272 e. The monoisotopic (exact) mass is 264 g/mol. The summed E-state index contributed by atoms with van der Waals surface area (Å²) in [5, 5.41) is 5.87. The summed E-state index contributed by atoms with van der Waals surface area (Å²) in [7, 11) is 1.72. The summed E-state index contributed by atoms with van der Waals surface area (Å²) >= 11 is 0. The van der Waals surface area contributed by atoms with E-state index in [-0.39, 0.29) is 11.8 Å². The van der Waals surface area contributed by atoms with Gasteiger partial charge < -0.3 is 0 Å². The van der Waals surface area contributed by atoms with Gasteiger partial charge in [-0.1, -0.05) is 60.7 Å². The molecule has 0 bridgehead atoms. The Kier molecular flexibility index (Phi) is 3.33. The first-order chi connectivity index (χ1) is 9.75. The van der Waals surface area contributed by atoms with Crippen molar-refractivity contribution in [3.63, 3.8) is 0 Å². The molecular formula is C17H16N2O. The number of hydrogen-bond acceptors (Lipinski definition) is 2. The molecule has 1 aliphatic heterocycles. The average molecular weight is 264 g/mol. The van der Waals surface area contributed by atoms with Crippen molar-refractivity contribution in [2.75, 3.05) is 7.05 Å². The van der Waals surface area contributed by atoms with E-state index < -0.39 is 0 Å². The highest BCUT2D eigenvalue weighted by molar-refractivity contribution is 6.16. The second-order valence-electron chi connectivity index (χ2n) is 4.96. The van der Waals surface area contributed by atoms with Gasteiger partial charge in [-0.15, -0.1) is 0 Å². The molecule has 1 aliphatic rings. The van der Waals surface area contributed by atoms with Gasteiger partial charge in [0.1, 0.15) is 0 Å². The van der Waals surface area contributed by atoms with Crippen LogP contribution in [0.2, 0.25) is 0 Å². The minimum atomic E-state index is -0.190. The molecule has 2 aromatic rings. The Morgan fingerprint density at radius 1 is 1.00 bits per heavy atom. The lowest BCUT2D eigenvalue weighted by atomic mass is 9.91. The Morgan fingerprint density at radius 2 is 1.60 bits per heavy atom. The Hall–Kier alpha value is -2.42. The van der Waals surface area contributed by atoms with E-state index >= 15 is 0 Å². The zero-order chi connectivity index (χ0) is 13.9. The Morgan fingerprint density at radius 3 is 2.25 bits per heavy atom. The van der Waals surface area contributed by atoms with E-state index in [1.165, 1.54) is 5.01 Å². The van der Waals surface area contributed by atoms with Crippen molar-refractivity contribution in [3.05, 3.63) is 71.8 Å². The van der Waals surface area contributed by atoms with Crippen LogP contribution in [-0.4, -0.2) is 23.7 Å². The number of carbonyl (C=O) groups is 1. The topological polar surface area (TPSA) is 32.7 Å². The number of hydrazone groups is 1. The van der Waals surface area contributed by atoms with Gasteiger partial charge in [0.05, 0.1) is 11.6 Å². The van der Waals surface area contributed by atoms with Gasteiger partial charge in [-0.3, -0.25) is 4.79 Å². The molecule has 1 atom stereocenters. The van der Waals surface area contributed by atoms with Crippen molar-refractivity contribution in [1.82, 2.24) is 5.01 Å². The van der Waals surface area contributed by atoms with Crippen LogP contribution in [0.4, 0.5) is 0 Å². The van der Waals surface area contributed by atoms with Crippen LogP contribution in [-0.2, 0) is 11.2 Å². The maximum absolute atomic E-state index is 12.3. The van der Waals surface area contributed by atoms with Gasteiger partial charge in [0.2, 0.25) is 0 Å². The molecule has 1 heterocycles. The molecule has 1 amide bonds. The van der Waals surface area contributed by atoms with Crippen LogP contribution in [0.15, 0.2) is 65.8 Å². The summed E-state index contributed by atoms with van der Waals surface area (Å²) in [6.07, 6.45) is 0.692. The summed E-state index contributed by atoms with van der Waals surface area (Å²) in [6, 6.07) is 20.0. The smallest absolute Gasteiger partial charge is 0.251 e. The predicted molar refractivity (Wildman–Crippen MR) is 79.4 cm³/mol. The summed E-state index contributed by atoms with van der Waals surface area (Å²) in [5.74, 6) is -0.127. The van der Waals surface area contributed by atoms with Gasteiger partial charge in [-0.25, -0.2) is 5.01 Å². The van der Waals surface area contributed by atoms with Crippen LogP contribution in [0.25, 0.3) is 0 Å². The highest BCUT2D eigenvalue weighted by Crippen LogP contribution is 2.23. The number of rotatable bonds is 3. The molecule has 0 radical (unpaired) electrons. The summed E-state index contributed by atoms with van der Waals surface area (Å²) in [6.45, 7) is 0. The first-order valence-electron chi connectivity index (χ1n) is 6.71. The molecule has 3 nitrogen and oxygen atoms in total. The van der Waals surface area contributed by atoms with Gasteiger partial charge in [-0.05, 0) is 17.5 Å². The molecule has 20 heavy (non-hydrogen) atoms. The van der Waals surface area contributed by atoms with Crippen LogP contribution in [0.3, 0.4) is 0 Å². The van der Waals surface area contributed by atoms with Gasteiger partial charge >= 0.3 is 0 Å². The molecule has 1 unspecified atom stereocenters. The van der Waals surface area contributed by atoms with Crippen LogP contribution in [0.1, 0.15) is 11.1 Å². The lowest BCUT2D eigenvalue weighted by Gasteiger charge is -2.11. The predicted octanol–water partition coefficient (Wildman–Crippen LogP) is 2.72. The quantitative estimate of drug-likeness (QED) is 0.839. The molecule has 0 spiro atoms. The SMILES string of the molecule is CN1N=C(c2ccccc2)C(Cc2ccccc2)C1=O. The number of carbonyl (C=O) groups excluding carboxylic acids is 1. The van der Waals surface area contributed by atoms with Crippen molar-refractivity contribution in [1.29, 1.82) is 0 Å². The number of benzene rings is 2. The molecule has 0 saturated heterocycles. The third-order valence-corrected chi connectivity index (χ3v) is 3.56. The largest absolute Gasteiger partial charge is 0.272 e. The Balaban J connectivity index is 1.92. The van der Waals surface area contributed by atoms with E-state index in [4.69, 9.17) is 0 Å². The maximum atomic E-state index is 12.3. The molecule has 3 rings (SSSR count). The van der Waals surface area contributed by atoms with Crippen LogP contribution >= 0.6 is 0 Å². The lowest BCUT2D eigenvalue weighted by Crippen LogP contribution is -2.27. The number of hydrogen-bond donors (Lipinski definition) is 0. The van der Waals surface area contributed by atoms with Crippen molar-refractivity contribution < 1.29 is 4.79 Å². The van der Waals surface area contributed by atoms with E-state index in [0.29, 0.717) is 6.42 Å². The van der Waals surface area contributed by atoms with Gasteiger partial charge in [-0.2, -0.15) is 5.10 Å². The summed E-state index contributed by atoms with van der Waals surface area (Å²) < 4.78 is 0. The fourth-order valence-corrected chi connectivity index (χ4v) is 2.52. The zero-order valence-electron chi connectivity index (χ0n) is 11.4. The first kappa shape index (κ1) is 12.6. The van der Waals surface area contributed by atoms with Crippen molar-refractivity contribution in [3.8, 4) is 0 Å². The molecule has 2 aromatic carbocycles. The Labute approximate surface area is 118 Å². The van der Waals surface area contributed by atoms with E-state index in [0.717, 1.165) is 16.8 Å². The third kappa shape index (κ3) is 2.35. The number of amides is 1. The summed E-state index contributed by atoms with van der Waals surface area (Å²) in [5.41, 5.74) is 3.04. The van der Waals surface area contributed by atoms with Crippen molar-refractivity contribution in [2.24, 2.45) is 11.0 Å². The fraction of sp³-hybridized carbons (Fsp3) is 0.176. The molecule has 0 aromatic heterocycles. The van der Waals surface area contributed by atoms with E-state index in [1.807, 2.05) is 60.7 Å². The average Bonchev–Trinajstić information content (AvgIpc) is 2.78. The van der Waals surface area contributed by atoms with E-state index in [1.54, 1.807) is 7.05 Å². The fourth-order valence-electron chi connectivity index (χ4n) is 2.52. The third-order valence-electron chi connectivity index (χ3n) is 3.56. The van der Waals surface area contributed by atoms with Gasteiger partial charge in [0.25, 0.3) is 5.91 Å². The van der Waals surface area contributed by atoms with Crippen molar-refractivity contribution >= 4 is 11.6 Å². The molecule has 0 fully saturated rings. The molecule has 3 heteroatoms. The molecular weight excluding hydrogens is 248 g/mol. The highest BCUT2D eigenvalue weighted by atomic mass is 16.2. The molecule has 0 aliphatic carbocycles. The second-order valence-corrected chi connectivity index (χ2v) is 4.96. The second kappa shape index (κ2) is 5.29. The number of nitrogens with zero attached hydrogens (tertiary/aromatic N) is 2. The van der Waals surface area contributed by atoms with Crippen LogP contribution in [0, 0.1) is 5.92 Å². The van der Waals surface area contributed by atoms with Gasteiger partial charge in [0, 0.05) is 7.05 Å². The van der Waals surface area contributed by atoms with Crippen LogP contribution in [0.5, 0.6) is 0 Å². The first-order valence-corrected chi connectivity index (χ1v) is 6.71. The lowest BCUT2D eigenvalue weighted by molar-refractivity contribution is -0.130. The minimum absolute atomic E-state index is 0.0627. The zero-order valence-corrected chi connectivity index (χ0v) is 11.4. The van der Waals surface area contributed by atoms with Crippen molar-refractivity contribution in [2.45, 2.75) is 6.42 Å². The van der Waals surface area contributed by atoms with Crippen LogP contribution < -0.4 is 0 Å². The molecule has 0 saturated carbocycles. The molecule has 100 valence electrons. The van der Waals surface area contributed by atoms with E-state index in [9.17, 15) is 4.79 Å². The molecule has 0 N–H and O–H groups in total. The van der Waals surface area contributed by atoms with E-state index in [2.05, 4.69) is 5.10 Å². The summed E-state index contributed by atoms with van der Waals surface area (Å²) in [4.78, 5) is 12.3. The standard InChI is InChI=1S/C17H16N2O/c1-19-17(20)15(12-13-8-4-2-5-9-13)16(18-19)14-10-6-3-7-11-14/h2-11,15H,12H2,1H3. The normalized spacial score (nSPS) is 18.2. The van der Waals surface area contributed by atoms with Gasteiger partial charge in [0.15, 0.2) is 0 Å².